The SMILES string of the molecule is CN1C[C@@H]2Cc3ccc(O)cc3[C@@](C)(C2)C1. The lowest BCUT2D eigenvalue weighted by Crippen LogP contribution is -2.50. The summed E-state index contributed by atoms with van der Waals surface area (Å²) in [5, 5.41) is 9.65. The van der Waals surface area contributed by atoms with E-state index in [0.717, 1.165) is 12.5 Å². The minimum absolute atomic E-state index is 0.240. The van der Waals surface area contributed by atoms with Gasteiger partial charge in [0.25, 0.3) is 0 Å². The quantitative estimate of drug-likeness (QED) is 0.720. The van der Waals surface area contributed by atoms with Gasteiger partial charge in [0, 0.05) is 18.5 Å². The first-order valence-electron chi connectivity index (χ1n) is 6.08. The van der Waals surface area contributed by atoms with Gasteiger partial charge in [-0.15, -0.1) is 0 Å². The number of likely N-dealkylation sites (tertiary alicyclic amines) is 1. The van der Waals surface area contributed by atoms with E-state index in [9.17, 15) is 5.11 Å². The summed E-state index contributed by atoms with van der Waals surface area (Å²) in [5.41, 5.74) is 3.06. The lowest BCUT2D eigenvalue weighted by atomic mass is 9.64. The second kappa shape index (κ2) is 3.24. The van der Waals surface area contributed by atoms with E-state index in [4.69, 9.17) is 0 Å². The number of hydrogen-bond acceptors (Lipinski definition) is 2. The Balaban J connectivity index is 2.12. The van der Waals surface area contributed by atoms with Gasteiger partial charge in [-0.1, -0.05) is 13.0 Å². The molecular weight excluding hydrogens is 198 g/mol. The Morgan fingerprint density at radius 2 is 2.25 bits per heavy atom. The Hall–Kier alpha value is -1.02. The second-order valence-electron chi connectivity index (χ2n) is 5.87. The Morgan fingerprint density at radius 1 is 1.44 bits per heavy atom. The van der Waals surface area contributed by atoms with Gasteiger partial charge in [-0.3, -0.25) is 0 Å². The maximum atomic E-state index is 9.65. The van der Waals surface area contributed by atoms with Gasteiger partial charge >= 0.3 is 0 Å². The standard InChI is InChI=1S/C14H19NO/c1-14-7-10(8-15(2)9-14)5-11-3-4-12(16)6-13(11)14/h3-4,6,10,16H,5,7-9H2,1-2H3/t10-,14+/m1/s1. The molecule has 2 heteroatoms. The molecule has 0 aromatic heterocycles. The first-order valence-corrected chi connectivity index (χ1v) is 6.08. The number of benzene rings is 1. The van der Waals surface area contributed by atoms with Crippen LogP contribution < -0.4 is 0 Å². The van der Waals surface area contributed by atoms with Gasteiger partial charge in [0.2, 0.25) is 0 Å². The number of aromatic hydroxyl groups is 1. The summed E-state index contributed by atoms with van der Waals surface area (Å²) in [4.78, 5) is 2.43. The van der Waals surface area contributed by atoms with Gasteiger partial charge in [0.05, 0.1) is 0 Å². The smallest absolute Gasteiger partial charge is 0.115 e. The highest BCUT2D eigenvalue weighted by molar-refractivity contribution is 5.42. The molecule has 16 heavy (non-hydrogen) atoms. The second-order valence-corrected chi connectivity index (χ2v) is 5.87. The molecule has 1 heterocycles. The largest absolute Gasteiger partial charge is 0.508 e. The average molecular weight is 217 g/mol. The van der Waals surface area contributed by atoms with Gasteiger partial charge in [-0.05, 0) is 49.1 Å². The van der Waals surface area contributed by atoms with Crippen LogP contribution in [0.25, 0.3) is 0 Å². The van der Waals surface area contributed by atoms with E-state index in [1.807, 2.05) is 12.1 Å². The van der Waals surface area contributed by atoms with E-state index >= 15 is 0 Å². The number of fused-ring (bicyclic) bond motifs is 4. The van der Waals surface area contributed by atoms with Crippen molar-refractivity contribution >= 4 is 0 Å². The van der Waals surface area contributed by atoms with Crippen LogP contribution in [0.1, 0.15) is 24.5 Å². The third-order valence-electron chi connectivity index (χ3n) is 4.18. The summed E-state index contributed by atoms with van der Waals surface area (Å²) < 4.78 is 0. The van der Waals surface area contributed by atoms with Crippen molar-refractivity contribution in [3.8, 4) is 5.75 Å². The first kappa shape index (κ1) is 10.2. The van der Waals surface area contributed by atoms with Crippen molar-refractivity contribution in [1.29, 1.82) is 0 Å². The van der Waals surface area contributed by atoms with Crippen LogP contribution in [0.5, 0.6) is 5.75 Å². The zero-order valence-corrected chi connectivity index (χ0v) is 10.0. The fraction of sp³-hybridized carbons (Fsp3) is 0.571. The number of piperidine rings is 1. The summed E-state index contributed by atoms with van der Waals surface area (Å²) in [6.45, 7) is 4.67. The lowest BCUT2D eigenvalue weighted by Gasteiger charge is -2.48. The zero-order valence-electron chi connectivity index (χ0n) is 10.0. The molecule has 0 amide bonds. The molecule has 3 rings (SSSR count). The highest BCUT2D eigenvalue weighted by Gasteiger charge is 2.41. The number of phenols is 1. The number of hydrogen-bond donors (Lipinski definition) is 1. The monoisotopic (exact) mass is 217 g/mol. The molecule has 0 saturated carbocycles. The molecule has 1 aromatic rings. The lowest BCUT2D eigenvalue weighted by molar-refractivity contribution is 0.120. The highest BCUT2D eigenvalue weighted by Crippen LogP contribution is 2.44. The maximum absolute atomic E-state index is 9.65. The van der Waals surface area contributed by atoms with Crippen LogP contribution in [0, 0.1) is 5.92 Å². The fourth-order valence-electron chi connectivity index (χ4n) is 3.81. The molecule has 1 aliphatic carbocycles. The van der Waals surface area contributed by atoms with E-state index in [1.54, 1.807) is 0 Å². The minimum Gasteiger partial charge on any atom is -0.508 e. The summed E-state index contributed by atoms with van der Waals surface area (Å²) in [5.74, 6) is 1.20. The molecule has 1 aliphatic heterocycles. The fourth-order valence-corrected chi connectivity index (χ4v) is 3.81. The predicted octanol–water partition coefficient (Wildman–Crippen LogP) is 2.16. The van der Waals surface area contributed by atoms with E-state index < -0.39 is 0 Å². The maximum Gasteiger partial charge on any atom is 0.115 e. The van der Waals surface area contributed by atoms with Crippen molar-refractivity contribution in [2.45, 2.75) is 25.2 Å². The van der Waals surface area contributed by atoms with Gasteiger partial charge in [-0.25, -0.2) is 0 Å². The van der Waals surface area contributed by atoms with Crippen molar-refractivity contribution in [2.24, 2.45) is 5.92 Å². The Morgan fingerprint density at radius 3 is 3.06 bits per heavy atom. The molecule has 1 fully saturated rings. The van der Waals surface area contributed by atoms with Crippen molar-refractivity contribution < 1.29 is 5.11 Å². The molecule has 2 bridgehead atoms. The van der Waals surface area contributed by atoms with E-state index in [1.165, 1.54) is 30.5 Å². The summed E-state index contributed by atoms with van der Waals surface area (Å²) in [6.07, 6.45) is 2.45. The molecule has 0 unspecified atom stereocenters. The normalized spacial score (nSPS) is 33.5. The van der Waals surface area contributed by atoms with Crippen LogP contribution in [0.4, 0.5) is 0 Å². The van der Waals surface area contributed by atoms with Gasteiger partial charge < -0.3 is 10.0 Å². The topological polar surface area (TPSA) is 23.5 Å². The van der Waals surface area contributed by atoms with Crippen LogP contribution >= 0.6 is 0 Å². The molecule has 0 spiro atoms. The molecule has 2 atom stereocenters. The van der Waals surface area contributed by atoms with Crippen molar-refractivity contribution in [3.63, 3.8) is 0 Å². The van der Waals surface area contributed by atoms with Crippen LogP contribution in [0.3, 0.4) is 0 Å². The summed E-state index contributed by atoms with van der Waals surface area (Å²) in [6, 6.07) is 5.91. The number of phenolic OH excluding ortho intramolecular Hbond substituents is 1. The van der Waals surface area contributed by atoms with Crippen molar-refractivity contribution in [1.82, 2.24) is 4.90 Å². The highest BCUT2D eigenvalue weighted by atomic mass is 16.3. The number of likely N-dealkylation sites (N-methyl/N-ethyl adjacent to an activating group) is 1. The predicted molar refractivity (Wildman–Crippen MR) is 64.8 cm³/mol. The molecule has 2 nitrogen and oxygen atoms in total. The number of nitrogens with zero attached hydrogens (tertiary/aromatic N) is 1. The molecule has 86 valence electrons. The third kappa shape index (κ3) is 1.44. The molecular formula is C14H19NO. The first-order chi connectivity index (χ1) is 7.57. The van der Waals surface area contributed by atoms with Gasteiger partial charge in [-0.2, -0.15) is 0 Å². The average Bonchev–Trinajstić information content (AvgIpc) is 2.18. The Bertz CT molecular complexity index is 429. The van der Waals surface area contributed by atoms with E-state index in [2.05, 4.69) is 24.9 Å². The van der Waals surface area contributed by atoms with E-state index in [0.29, 0.717) is 5.75 Å². The van der Waals surface area contributed by atoms with Crippen LogP contribution in [0.2, 0.25) is 0 Å². The molecule has 1 aromatic carbocycles. The Labute approximate surface area is 96.9 Å². The minimum atomic E-state index is 0.240. The van der Waals surface area contributed by atoms with Crippen molar-refractivity contribution in [3.05, 3.63) is 29.3 Å². The van der Waals surface area contributed by atoms with E-state index in [-0.39, 0.29) is 5.41 Å². The van der Waals surface area contributed by atoms with Crippen LogP contribution in [0.15, 0.2) is 18.2 Å². The zero-order chi connectivity index (χ0) is 11.3. The summed E-state index contributed by atoms with van der Waals surface area (Å²) >= 11 is 0. The summed E-state index contributed by atoms with van der Waals surface area (Å²) in [7, 11) is 2.21. The molecule has 2 aliphatic rings. The Kier molecular flexibility index (Phi) is 2.05. The third-order valence-corrected chi connectivity index (χ3v) is 4.18. The van der Waals surface area contributed by atoms with Gasteiger partial charge in [0.1, 0.15) is 5.75 Å². The molecule has 1 N–H and O–H groups in total. The van der Waals surface area contributed by atoms with Crippen LogP contribution in [-0.2, 0) is 11.8 Å². The number of rotatable bonds is 0. The van der Waals surface area contributed by atoms with Crippen LogP contribution in [-0.4, -0.2) is 30.1 Å². The molecule has 1 saturated heterocycles. The van der Waals surface area contributed by atoms with Crippen molar-refractivity contribution in [2.75, 3.05) is 20.1 Å². The van der Waals surface area contributed by atoms with Gasteiger partial charge in [0.15, 0.2) is 0 Å². The molecule has 0 radical (unpaired) electrons.